The van der Waals surface area contributed by atoms with E-state index in [0.717, 1.165) is 16.0 Å². The van der Waals surface area contributed by atoms with Gasteiger partial charge in [-0.25, -0.2) is 14.8 Å². The molecule has 2 amide bonds. The minimum Gasteiger partial charge on any atom is -0.448 e. The lowest BCUT2D eigenvalue weighted by atomic mass is 10.0. The fourth-order valence-electron chi connectivity index (χ4n) is 5.41. The average molecular weight is 711 g/mol. The van der Waals surface area contributed by atoms with Gasteiger partial charge in [0.25, 0.3) is 5.91 Å². The summed E-state index contributed by atoms with van der Waals surface area (Å²) < 4.78 is 6.93. The Balaban J connectivity index is 1.18. The predicted molar refractivity (Wildman–Crippen MR) is 190 cm³/mol. The summed E-state index contributed by atoms with van der Waals surface area (Å²) in [5.74, 6) is -0.878. The van der Waals surface area contributed by atoms with Crippen LogP contribution in [0.2, 0.25) is 0 Å². The van der Waals surface area contributed by atoms with E-state index in [2.05, 4.69) is 15.3 Å². The maximum Gasteiger partial charge on any atom is 0.356 e. The number of nitrogens with zero attached hydrogens (tertiary/aromatic N) is 3. The normalized spacial score (nSPS) is 17.4. The van der Waals surface area contributed by atoms with E-state index in [1.807, 2.05) is 78.2 Å². The summed E-state index contributed by atoms with van der Waals surface area (Å²) >= 11 is 5.60. The Labute approximate surface area is 291 Å². The molecule has 0 bridgehead atoms. The second kappa shape index (κ2) is 14.3. The molecule has 240 valence electrons. The molecule has 5 heterocycles. The molecular weight excluding hydrogens is 685 g/mol. The number of rotatable bonds is 10. The molecule has 48 heavy (non-hydrogen) atoms. The van der Waals surface area contributed by atoms with Gasteiger partial charge < -0.3 is 10.1 Å². The molecule has 1 N–H and O–H groups in total. The number of hydrogen-bond donors (Lipinski definition) is 1. The molecule has 0 aliphatic carbocycles. The van der Waals surface area contributed by atoms with Crippen LogP contribution >= 0.6 is 46.2 Å². The monoisotopic (exact) mass is 710 g/mol. The summed E-state index contributed by atoms with van der Waals surface area (Å²) in [4.78, 5) is 64.5. The van der Waals surface area contributed by atoms with Gasteiger partial charge in [-0.1, -0.05) is 78.5 Å². The molecule has 0 saturated carbocycles. The number of thiophene rings is 1. The highest BCUT2D eigenvalue weighted by atomic mass is 32.2. The summed E-state index contributed by atoms with van der Waals surface area (Å²) in [6, 6.07) is 23.4. The van der Waals surface area contributed by atoms with E-state index in [1.165, 1.54) is 63.4 Å². The van der Waals surface area contributed by atoms with Gasteiger partial charge in [0.15, 0.2) is 6.10 Å². The van der Waals surface area contributed by atoms with E-state index in [1.54, 1.807) is 17.7 Å². The summed E-state index contributed by atoms with van der Waals surface area (Å²) in [6.45, 7) is 0. The molecule has 2 aromatic carbocycles. The molecule has 1 saturated heterocycles. The maximum absolute atomic E-state index is 14.2. The van der Waals surface area contributed by atoms with Crippen LogP contribution in [0.25, 0.3) is 10.3 Å². The number of allylic oxidation sites excluding steroid dienone is 1. The van der Waals surface area contributed by atoms with Crippen LogP contribution in [0.1, 0.15) is 22.1 Å². The number of benzene rings is 2. The lowest BCUT2D eigenvalue weighted by Gasteiger charge is -2.49. The number of esters is 1. The van der Waals surface area contributed by atoms with Gasteiger partial charge in [0.2, 0.25) is 11.3 Å². The van der Waals surface area contributed by atoms with Crippen LogP contribution in [0.3, 0.4) is 0 Å². The van der Waals surface area contributed by atoms with Crippen LogP contribution in [-0.4, -0.2) is 49.8 Å². The van der Waals surface area contributed by atoms with Crippen molar-refractivity contribution in [3.05, 3.63) is 146 Å². The topological polar surface area (TPSA) is 119 Å². The smallest absolute Gasteiger partial charge is 0.356 e. The zero-order valence-corrected chi connectivity index (χ0v) is 28.3. The molecule has 2 atom stereocenters. The predicted octanol–water partition coefficient (Wildman–Crippen LogP) is 5.95. The molecule has 2 aliphatic rings. The lowest BCUT2D eigenvalue weighted by Crippen LogP contribution is -2.70. The van der Waals surface area contributed by atoms with Gasteiger partial charge in [-0.2, -0.15) is 0 Å². The molecule has 13 heteroatoms. The summed E-state index contributed by atoms with van der Waals surface area (Å²) in [5, 5.41) is 6.10. The average Bonchev–Trinajstić information content (AvgIpc) is 3.63. The number of aromatic nitrogens is 2. The number of carbonyl (C=O) groups is 3. The van der Waals surface area contributed by atoms with E-state index in [-0.39, 0.29) is 29.4 Å². The van der Waals surface area contributed by atoms with Gasteiger partial charge >= 0.3 is 5.97 Å². The Bertz CT molecular complexity index is 2060. The second-order valence-electron chi connectivity index (χ2n) is 10.8. The Morgan fingerprint density at radius 2 is 1.73 bits per heavy atom. The minimum atomic E-state index is -0.764. The van der Waals surface area contributed by atoms with Crippen molar-refractivity contribution in [2.24, 2.45) is 0 Å². The Kier molecular flexibility index (Phi) is 9.52. The van der Waals surface area contributed by atoms with Gasteiger partial charge in [0.05, 0.1) is 10.6 Å². The zero-order valence-electron chi connectivity index (χ0n) is 25.1. The van der Waals surface area contributed by atoms with Crippen molar-refractivity contribution in [3.63, 3.8) is 0 Å². The van der Waals surface area contributed by atoms with Crippen molar-refractivity contribution >= 4 is 74.3 Å². The van der Waals surface area contributed by atoms with E-state index in [4.69, 9.17) is 4.74 Å². The van der Waals surface area contributed by atoms with E-state index in [0.29, 0.717) is 25.9 Å². The first-order valence-electron chi connectivity index (χ1n) is 14.8. The fraction of sp³-hybridized carbons (Fsp3) is 0.143. The number of β-lactam (4-membered cyclic amide) rings is 1. The number of carbonyl (C=O) groups excluding carboxylic acids is 3. The first-order chi connectivity index (χ1) is 23.5. The van der Waals surface area contributed by atoms with Crippen LogP contribution in [0.5, 0.6) is 0 Å². The molecule has 0 spiro atoms. The molecule has 2 aliphatic heterocycles. The molecule has 1 fully saturated rings. The highest BCUT2D eigenvalue weighted by Crippen LogP contribution is 2.42. The molecule has 3 aromatic heterocycles. The second-order valence-corrected chi connectivity index (χ2v) is 15.1. The van der Waals surface area contributed by atoms with Gasteiger partial charge in [0.1, 0.15) is 27.5 Å². The number of hydrogen-bond acceptors (Lipinski definition) is 11. The quantitative estimate of drug-likeness (QED) is 0.107. The largest absolute Gasteiger partial charge is 0.448 e. The number of amides is 2. The highest BCUT2D eigenvalue weighted by Gasteiger charge is 2.54. The number of fused-ring (bicyclic) bond motifs is 2. The maximum atomic E-state index is 14.2. The lowest BCUT2D eigenvalue weighted by molar-refractivity contribution is -0.154. The van der Waals surface area contributed by atoms with Crippen LogP contribution < -0.4 is 10.7 Å². The number of ether oxygens (including phenoxy) is 1. The van der Waals surface area contributed by atoms with E-state index in [9.17, 15) is 19.2 Å². The number of nitrogens with one attached hydrogen (secondary N) is 1. The Hall–Kier alpha value is -4.56. The third kappa shape index (κ3) is 6.72. The third-order valence-corrected chi connectivity index (χ3v) is 11.8. The van der Waals surface area contributed by atoms with Crippen molar-refractivity contribution in [2.45, 2.75) is 28.1 Å². The van der Waals surface area contributed by atoms with Crippen LogP contribution in [0.4, 0.5) is 0 Å². The van der Waals surface area contributed by atoms with Crippen LogP contribution in [0.15, 0.2) is 128 Å². The van der Waals surface area contributed by atoms with Crippen LogP contribution in [0, 0.1) is 0 Å². The van der Waals surface area contributed by atoms with Crippen molar-refractivity contribution < 1.29 is 19.1 Å². The SMILES string of the molecule is O=C(Cc1cccs1)NC1C(=O)N2C(C(=O)OC(c3ccccc3)c3ccccc3)=C(C=CSc3cc(=O)c4nccnc4s3)CS[C@H]12. The molecule has 5 aromatic rings. The minimum absolute atomic E-state index is 0.138. The molecule has 0 radical (unpaired) electrons. The molecular formula is C35H26N4O5S4. The standard InChI is InChI=1S/C35H26N4O5S4/c40-25-19-27(48-32-28(25)36-14-15-37-32)46-17-13-23-20-47-34-29(38-26(41)18-24-12-7-16-45-24)33(42)39(34)30(23)35(43)44-31(21-8-3-1-4-9-21)22-10-5-2-6-11-22/h1-17,19,29,31,34H,18,20H2,(H,38,41)/t29?,34-/m1/s1. The molecule has 9 nitrogen and oxygen atoms in total. The van der Waals surface area contributed by atoms with Gasteiger partial charge in [-0.05, 0) is 39.6 Å². The Morgan fingerprint density at radius 1 is 1.00 bits per heavy atom. The Morgan fingerprint density at radius 3 is 2.44 bits per heavy atom. The van der Waals surface area contributed by atoms with Gasteiger partial charge in [0, 0.05) is 29.1 Å². The first-order valence-corrected chi connectivity index (χ1v) is 18.5. The third-order valence-electron chi connectivity index (χ3n) is 7.65. The van der Waals surface area contributed by atoms with Gasteiger partial charge in [-0.15, -0.1) is 34.4 Å². The van der Waals surface area contributed by atoms with Crippen molar-refractivity contribution in [3.8, 4) is 0 Å². The van der Waals surface area contributed by atoms with Crippen molar-refractivity contribution in [1.82, 2.24) is 20.2 Å². The van der Waals surface area contributed by atoms with Gasteiger partial charge in [-0.3, -0.25) is 19.3 Å². The molecule has 1 unspecified atom stereocenters. The molecule has 7 rings (SSSR count). The zero-order chi connectivity index (χ0) is 33.0. The summed E-state index contributed by atoms with van der Waals surface area (Å²) in [5.41, 5.74) is 2.40. The summed E-state index contributed by atoms with van der Waals surface area (Å²) in [6.07, 6.45) is 4.27. The van der Waals surface area contributed by atoms with E-state index >= 15 is 0 Å². The van der Waals surface area contributed by atoms with Crippen molar-refractivity contribution in [1.29, 1.82) is 0 Å². The highest BCUT2D eigenvalue weighted by molar-refractivity contribution is 8.04. The van der Waals surface area contributed by atoms with Crippen LogP contribution in [-0.2, 0) is 25.5 Å². The summed E-state index contributed by atoms with van der Waals surface area (Å²) in [7, 11) is 0. The fourth-order valence-corrected chi connectivity index (χ4v) is 9.29. The van der Waals surface area contributed by atoms with E-state index < -0.39 is 23.5 Å². The first kappa shape index (κ1) is 32.0. The van der Waals surface area contributed by atoms with Crippen molar-refractivity contribution in [2.75, 3.05) is 5.75 Å². The number of thioether (sulfide) groups is 2.